The molecule has 0 saturated heterocycles. The number of benzene rings is 4. The second kappa shape index (κ2) is 9.85. The molecule has 0 atom stereocenters. The van der Waals surface area contributed by atoms with Gasteiger partial charge in [-0.3, -0.25) is 14.9 Å². The van der Waals surface area contributed by atoms with Gasteiger partial charge in [-0.05, 0) is 59.2 Å². The molecule has 0 spiro atoms. The molecule has 7 nitrogen and oxygen atoms in total. The van der Waals surface area contributed by atoms with Crippen LogP contribution in [0.25, 0.3) is 39.8 Å². The second-order valence-electron chi connectivity index (χ2n) is 7.94. The van der Waals surface area contributed by atoms with Gasteiger partial charge in [0.2, 0.25) is 11.8 Å². The van der Waals surface area contributed by atoms with Gasteiger partial charge >= 0.3 is 0 Å². The van der Waals surface area contributed by atoms with E-state index in [1.165, 1.54) is 24.3 Å². The fraction of sp³-hybridized carbons (Fsp3) is 0. The van der Waals surface area contributed by atoms with E-state index in [1.54, 1.807) is 24.3 Å². The van der Waals surface area contributed by atoms with Gasteiger partial charge in [0.1, 0.15) is 10.5 Å². The molecule has 1 aromatic heterocycles. The number of hydrogen-bond acceptors (Lipinski definition) is 5. The fourth-order valence-corrected chi connectivity index (χ4v) is 3.88. The van der Waals surface area contributed by atoms with Gasteiger partial charge in [-0.1, -0.05) is 60.1 Å². The summed E-state index contributed by atoms with van der Waals surface area (Å²) in [5.41, 5.74) is 5.07. The molecule has 0 unspecified atom stereocenters. The molecule has 0 aliphatic heterocycles. The molecule has 0 aliphatic rings. The number of halogens is 1. The normalized spacial score (nSPS) is 11.1. The number of carbonyl (C=O) groups excluding carboxylic acids is 1. The van der Waals surface area contributed by atoms with Gasteiger partial charge in [0.15, 0.2) is 5.58 Å². The first-order valence-corrected chi connectivity index (χ1v) is 11.3. The van der Waals surface area contributed by atoms with Crippen LogP contribution in [0.1, 0.15) is 5.56 Å². The molecule has 0 bridgehead atoms. The van der Waals surface area contributed by atoms with E-state index in [4.69, 9.17) is 16.0 Å². The third-order valence-corrected chi connectivity index (χ3v) is 5.81. The van der Waals surface area contributed by atoms with Crippen molar-refractivity contribution in [3.05, 3.63) is 118 Å². The monoisotopic (exact) mass is 495 g/mol. The van der Waals surface area contributed by atoms with E-state index < -0.39 is 10.8 Å². The van der Waals surface area contributed by atoms with Crippen molar-refractivity contribution in [1.82, 2.24) is 4.98 Å². The maximum Gasteiger partial charge on any atom is 0.288 e. The molecule has 5 aromatic rings. The Hall–Kier alpha value is -4.75. The van der Waals surface area contributed by atoms with Gasteiger partial charge in [0.05, 0.1) is 4.92 Å². The molecule has 8 heteroatoms. The van der Waals surface area contributed by atoms with Crippen LogP contribution in [-0.2, 0) is 4.79 Å². The van der Waals surface area contributed by atoms with Crippen LogP contribution < -0.4 is 5.32 Å². The lowest BCUT2D eigenvalue weighted by atomic mass is 10.0. The van der Waals surface area contributed by atoms with Crippen LogP contribution in [0, 0.1) is 10.1 Å². The minimum Gasteiger partial charge on any atom is -0.436 e. The van der Waals surface area contributed by atoms with Crippen molar-refractivity contribution in [1.29, 1.82) is 0 Å². The summed E-state index contributed by atoms with van der Waals surface area (Å²) >= 11 is 5.82. The van der Waals surface area contributed by atoms with Gasteiger partial charge < -0.3 is 9.73 Å². The summed E-state index contributed by atoms with van der Waals surface area (Å²) in [6.45, 7) is 0. The molecule has 176 valence electrons. The van der Waals surface area contributed by atoms with Crippen LogP contribution in [0.5, 0.6) is 0 Å². The number of nitro groups is 1. The van der Waals surface area contributed by atoms with E-state index in [1.807, 2.05) is 42.5 Å². The minimum atomic E-state index is -0.571. The number of amides is 1. The van der Waals surface area contributed by atoms with Crippen molar-refractivity contribution in [3.63, 3.8) is 0 Å². The van der Waals surface area contributed by atoms with Crippen LogP contribution in [0.3, 0.4) is 0 Å². The average Bonchev–Trinajstić information content (AvgIpc) is 3.32. The van der Waals surface area contributed by atoms with E-state index in [0.29, 0.717) is 28.2 Å². The standard InChI is InChI=1S/C28H18ClN3O4/c29-23-13-6-18(16-25(23)32(34)35)7-15-27(33)30-22-12-14-26-24(17-22)31-28(36-26)21-10-8-20(9-11-21)19-4-2-1-3-5-19/h1-17H,(H,30,33)/b15-7+. The van der Waals surface area contributed by atoms with Crippen molar-refractivity contribution in [2.75, 3.05) is 5.32 Å². The number of nitro benzene ring substituents is 1. The molecule has 36 heavy (non-hydrogen) atoms. The smallest absolute Gasteiger partial charge is 0.288 e. The molecule has 0 aliphatic carbocycles. The first kappa shape index (κ1) is 23.0. The van der Waals surface area contributed by atoms with Gasteiger partial charge in [-0.25, -0.2) is 4.98 Å². The zero-order valence-corrected chi connectivity index (χ0v) is 19.5. The van der Waals surface area contributed by atoms with Crippen LogP contribution in [0.2, 0.25) is 5.02 Å². The van der Waals surface area contributed by atoms with Gasteiger partial charge in [-0.15, -0.1) is 0 Å². The Labute approximate surface area is 210 Å². The van der Waals surface area contributed by atoms with E-state index in [-0.39, 0.29) is 10.7 Å². The Kier molecular flexibility index (Phi) is 6.30. The van der Waals surface area contributed by atoms with Crippen molar-refractivity contribution in [2.24, 2.45) is 0 Å². The average molecular weight is 496 g/mol. The topological polar surface area (TPSA) is 98.3 Å². The summed E-state index contributed by atoms with van der Waals surface area (Å²) < 4.78 is 5.90. The number of anilines is 1. The van der Waals surface area contributed by atoms with Crippen LogP contribution in [-0.4, -0.2) is 15.8 Å². The zero-order chi connectivity index (χ0) is 25.1. The predicted molar refractivity (Wildman–Crippen MR) is 141 cm³/mol. The highest BCUT2D eigenvalue weighted by Crippen LogP contribution is 2.29. The molecule has 1 amide bonds. The number of rotatable bonds is 6. The zero-order valence-electron chi connectivity index (χ0n) is 18.7. The van der Waals surface area contributed by atoms with Crippen LogP contribution in [0.4, 0.5) is 11.4 Å². The lowest BCUT2D eigenvalue weighted by Crippen LogP contribution is -2.07. The van der Waals surface area contributed by atoms with Gasteiger partial charge in [0.25, 0.3) is 5.69 Å². The highest BCUT2D eigenvalue weighted by Gasteiger charge is 2.12. The number of aromatic nitrogens is 1. The van der Waals surface area contributed by atoms with Crippen LogP contribution in [0.15, 0.2) is 101 Å². The van der Waals surface area contributed by atoms with Gasteiger partial charge in [0, 0.05) is 23.4 Å². The number of hydrogen-bond donors (Lipinski definition) is 1. The highest BCUT2D eigenvalue weighted by atomic mass is 35.5. The molecular weight excluding hydrogens is 478 g/mol. The summed E-state index contributed by atoms with van der Waals surface area (Å²) in [6, 6.07) is 27.6. The molecule has 0 fully saturated rings. The summed E-state index contributed by atoms with van der Waals surface area (Å²) in [5.74, 6) is 0.0875. The number of nitrogens with one attached hydrogen (secondary N) is 1. The lowest BCUT2D eigenvalue weighted by Gasteiger charge is -2.02. The maximum atomic E-state index is 12.4. The van der Waals surface area contributed by atoms with Crippen molar-refractivity contribution >= 4 is 46.1 Å². The lowest BCUT2D eigenvalue weighted by molar-refractivity contribution is -0.384. The first-order chi connectivity index (χ1) is 17.5. The molecular formula is C28H18ClN3O4. The third-order valence-electron chi connectivity index (χ3n) is 5.49. The maximum absolute atomic E-state index is 12.4. The molecule has 0 radical (unpaired) electrons. The minimum absolute atomic E-state index is 0.0361. The Morgan fingerprint density at radius 3 is 2.39 bits per heavy atom. The molecule has 0 saturated carbocycles. The number of oxazole rings is 1. The summed E-state index contributed by atoms with van der Waals surface area (Å²) in [7, 11) is 0. The van der Waals surface area contributed by atoms with E-state index in [9.17, 15) is 14.9 Å². The predicted octanol–water partition coefficient (Wildman–Crippen LogP) is 7.38. The molecule has 1 heterocycles. The van der Waals surface area contributed by atoms with Crippen molar-refractivity contribution in [3.8, 4) is 22.6 Å². The summed E-state index contributed by atoms with van der Waals surface area (Å²) in [6.07, 6.45) is 2.77. The Morgan fingerprint density at radius 1 is 0.917 bits per heavy atom. The summed E-state index contributed by atoms with van der Waals surface area (Å²) in [4.78, 5) is 27.4. The largest absolute Gasteiger partial charge is 0.436 e. The number of carbonyl (C=O) groups is 1. The second-order valence-corrected chi connectivity index (χ2v) is 8.34. The Morgan fingerprint density at radius 2 is 1.64 bits per heavy atom. The molecule has 1 N–H and O–H groups in total. The first-order valence-electron chi connectivity index (χ1n) is 11.0. The fourth-order valence-electron chi connectivity index (χ4n) is 3.69. The number of fused-ring (bicyclic) bond motifs is 1. The number of nitrogens with zero attached hydrogens (tertiary/aromatic N) is 2. The quantitative estimate of drug-likeness (QED) is 0.150. The molecule has 5 rings (SSSR count). The van der Waals surface area contributed by atoms with Crippen molar-refractivity contribution < 1.29 is 14.1 Å². The SMILES string of the molecule is O=C(/C=C/c1ccc(Cl)c([N+](=O)[O-])c1)Nc1ccc2oc(-c3ccc(-c4ccccc4)cc3)nc2c1. The van der Waals surface area contributed by atoms with Crippen LogP contribution >= 0.6 is 11.6 Å². The van der Waals surface area contributed by atoms with E-state index in [0.717, 1.165) is 16.7 Å². The van der Waals surface area contributed by atoms with E-state index >= 15 is 0 Å². The molecule has 4 aromatic carbocycles. The van der Waals surface area contributed by atoms with E-state index in [2.05, 4.69) is 22.4 Å². The summed E-state index contributed by atoms with van der Waals surface area (Å²) in [5, 5.41) is 13.8. The highest BCUT2D eigenvalue weighted by molar-refractivity contribution is 6.32. The van der Waals surface area contributed by atoms with Gasteiger partial charge in [-0.2, -0.15) is 0 Å². The van der Waals surface area contributed by atoms with Crippen molar-refractivity contribution in [2.45, 2.75) is 0 Å². The third kappa shape index (κ3) is 5.01. The Bertz CT molecular complexity index is 1610. The Balaban J connectivity index is 1.30.